The lowest BCUT2D eigenvalue weighted by molar-refractivity contribution is -0.114. The van der Waals surface area contributed by atoms with Crippen LogP contribution in [0, 0.1) is 0 Å². The van der Waals surface area contributed by atoms with Crippen LogP contribution in [0.25, 0.3) is 0 Å². The molecule has 1 rings (SSSR count). The first kappa shape index (κ1) is 18.1. The summed E-state index contributed by atoms with van der Waals surface area (Å²) in [5, 5.41) is 6.46. The highest BCUT2D eigenvalue weighted by Gasteiger charge is 2.14. The van der Waals surface area contributed by atoms with E-state index in [1.807, 2.05) is 0 Å². The molecular formula is C13H18N4O3S2. The molecule has 1 aromatic rings. The average molecular weight is 342 g/mol. The SMILES string of the molecule is CC(=O)Nc1ccc(S(=O)(=O)CCC(C)=NNC(N)=S)cc1. The Morgan fingerprint density at radius 2 is 1.86 bits per heavy atom. The Kier molecular flexibility index (Phi) is 6.44. The third kappa shape index (κ3) is 6.19. The maximum Gasteiger partial charge on any atom is 0.221 e. The molecule has 0 heterocycles. The summed E-state index contributed by atoms with van der Waals surface area (Å²) >= 11 is 4.60. The number of thiocarbonyl (C=S) groups is 1. The number of sulfone groups is 1. The Morgan fingerprint density at radius 3 is 2.36 bits per heavy atom. The maximum atomic E-state index is 12.2. The number of carbonyl (C=O) groups excluding carboxylic acids is 1. The summed E-state index contributed by atoms with van der Waals surface area (Å²) in [6.07, 6.45) is 0.255. The minimum Gasteiger partial charge on any atom is -0.375 e. The average Bonchev–Trinajstić information content (AvgIpc) is 2.43. The van der Waals surface area contributed by atoms with E-state index >= 15 is 0 Å². The molecule has 0 bridgehead atoms. The largest absolute Gasteiger partial charge is 0.375 e. The molecule has 9 heteroatoms. The van der Waals surface area contributed by atoms with Crippen LogP contribution < -0.4 is 16.5 Å². The van der Waals surface area contributed by atoms with Gasteiger partial charge in [0.15, 0.2) is 14.9 Å². The van der Waals surface area contributed by atoms with Gasteiger partial charge in [-0.05, 0) is 43.4 Å². The zero-order valence-corrected chi connectivity index (χ0v) is 13.9. The third-order valence-corrected chi connectivity index (χ3v) is 4.45. The van der Waals surface area contributed by atoms with Gasteiger partial charge in [0, 0.05) is 24.7 Å². The molecule has 7 nitrogen and oxygen atoms in total. The molecular weight excluding hydrogens is 324 g/mol. The number of hydrogen-bond donors (Lipinski definition) is 3. The summed E-state index contributed by atoms with van der Waals surface area (Å²) in [6, 6.07) is 6.01. The highest BCUT2D eigenvalue weighted by Crippen LogP contribution is 2.16. The topological polar surface area (TPSA) is 114 Å². The molecule has 4 N–H and O–H groups in total. The zero-order chi connectivity index (χ0) is 16.8. The van der Waals surface area contributed by atoms with E-state index in [4.69, 9.17) is 5.73 Å². The van der Waals surface area contributed by atoms with Gasteiger partial charge in [-0.3, -0.25) is 10.2 Å². The lowest BCUT2D eigenvalue weighted by Gasteiger charge is -2.06. The summed E-state index contributed by atoms with van der Waals surface area (Å²) in [7, 11) is -3.42. The number of benzene rings is 1. The van der Waals surface area contributed by atoms with Crippen LogP contribution in [0.4, 0.5) is 5.69 Å². The van der Waals surface area contributed by atoms with Crippen molar-refractivity contribution in [3.05, 3.63) is 24.3 Å². The predicted octanol–water partition coefficient (Wildman–Crippen LogP) is 1.02. The minimum absolute atomic E-state index is 0.0239. The number of nitrogens with zero attached hydrogens (tertiary/aromatic N) is 1. The van der Waals surface area contributed by atoms with Crippen molar-refractivity contribution in [2.45, 2.75) is 25.2 Å². The number of nitrogens with two attached hydrogens (primary N) is 1. The molecule has 0 spiro atoms. The first-order valence-electron chi connectivity index (χ1n) is 6.40. The first-order chi connectivity index (χ1) is 10.2. The van der Waals surface area contributed by atoms with Crippen LogP contribution in [-0.4, -0.2) is 30.9 Å². The highest BCUT2D eigenvalue weighted by atomic mass is 32.2. The molecule has 0 aliphatic carbocycles. The van der Waals surface area contributed by atoms with E-state index in [1.54, 1.807) is 19.1 Å². The van der Waals surface area contributed by atoms with E-state index in [9.17, 15) is 13.2 Å². The molecule has 1 amide bonds. The second kappa shape index (κ2) is 7.85. The van der Waals surface area contributed by atoms with E-state index < -0.39 is 9.84 Å². The van der Waals surface area contributed by atoms with E-state index in [1.165, 1.54) is 19.1 Å². The van der Waals surface area contributed by atoms with Crippen molar-refractivity contribution >= 4 is 44.5 Å². The van der Waals surface area contributed by atoms with Crippen LogP contribution in [0.1, 0.15) is 20.3 Å². The molecule has 1 aromatic carbocycles. The van der Waals surface area contributed by atoms with Gasteiger partial charge < -0.3 is 11.1 Å². The van der Waals surface area contributed by atoms with E-state index in [2.05, 4.69) is 28.1 Å². The highest BCUT2D eigenvalue weighted by molar-refractivity contribution is 7.91. The quantitative estimate of drug-likeness (QED) is 0.404. The molecule has 0 aromatic heterocycles. The van der Waals surface area contributed by atoms with Gasteiger partial charge in [-0.15, -0.1) is 0 Å². The van der Waals surface area contributed by atoms with Crippen LogP contribution in [-0.2, 0) is 14.6 Å². The van der Waals surface area contributed by atoms with Crippen molar-refractivity contribution < 1.29 is 13.2 Å². The van der Waals surface area contributed by atoms with Crippen LogP contribution in [0.15, 0.2) is 34.3 Å². The number of anilines is 1. The van der Waals surface area contributed by atoms with Crippen molar-refractivity contribution in [2.75, 3.05) is 11.1 Å². The Morgan fingerprint density at radius 1 is 1.27 bits per heavy atom. The fraction of sp³-hybridized carbons (Fsp3) is 0.308. The number of nitrogens with one attached hydrogen (secondary N) is 2. The summed E-state index contributed by atoms with van der Waals surface area (Å²) in [4.78, 5) is 11.1. The zero-order valence-electron chi connectivity index (χ0n) is 12.3. The van der Waals surface area contributed by atoms with Gasteiger partial charge in [0.05, 0.1) is 10.6 Å². The van der Waals surface area contributed by atoms with Crippen LogP contribution in [0.2, 0.25) is 0 Å². The van der Waals surface area contributed by atoms with E-state index in [0.29, 0.717) is 11.4 Å². The molecule has 0 radical (unpaired) electrons. The van der Waals surface area contributed by atoms with Gasteiger partial charge >= 0.3 is 0 Å². The lowest BCUT2D eigenvalue weighted by atomic mass is 10.3. The summed E-state index contributed by atoms with van der Waals surface area (Å²) in [6.45, 7) is 3.06. The fourth-order valence-electron chi connectivity index (χ4n) is 1.56. The molecule has 0 unspecified atom stereocenters. The Balaban J connectivity index is 2.72. The molecule has 0 saturated heterocycles. The predicted molar refractivity (Wildman–Crippen MR) is 90.4 cm³/mol. The normalized spacial score (nSPS) is 11.8. The standard InChI is InChI=1S/C13H18N4O3S2/c1-9(16-17-13(14)21)7-8-22(19,20)12-5-3-11(4-6-12)15-10(2)18/h3-6H,7-8H2,1-2H3,(H,15,18)(H3,14,17,21). The van der Waals surface area contributed by atoms with Gasteiger partial charge in [-0.1, -0.05) is 0 Å². The van der Waals surface area contributed by atoms with E-state index in [-0.39, 0.29) is 28.1 Å². The first-order valence-corrected chi connectivity index (χ1v) is 8.46. The molecule has 0 aliphatic rings. The van der Waals surface area contributed by atoms with Crippen LogP contribution >= 0.6 is 12.2 Å². The molecule has 22 heavy (non-hydrogen) atoms. The Hall–Kier alpha value is -2.00. The van der Waals surface area contributed by atoms with Gasteiger partial charge in [-0.2, -0.15) is 5.10 Å². The Labute approximate surface area is 134 Å². The monoisotopic (exact) mass is 342 g/mol. The van der Waals surface area contributed by atoms with Crippen LogP contribution in [0.5, 0.6) is 0 Å². The smallest absolute Gasteiger partial charge is 0.221 e. The van der Waals surface area contributed by atoms with Crippen molar-refractivity contribution in [3.8, 4) is 0 Å². The number of hydrazone groups is 1. The summed E-state index contributed by atoms with van der Waals surface area (Å²) in [5.74, 6) is -0.298. The molecule has 120 valence electrons. The minimum atomic E-state index is -3.42. The van der Waals surface area contributed by atoms with Gasteiger partial charge in [0.2, 0.25) is 5.91 Å². The Bertz CT molecular complexity index is 682. The van der Waals surface area contributed by atoms with Gasteiger partial charge in [-0.25, -0.2) is 8.42 Å². The second-order valence-corrected chi connectivity index (χ2v) is 7.15. The third-order valence-electron chi connectivity index (χ3n) is 2.62. The number of rotatable bonds is 6. The second-order valence-electron chi connectivity index (χ2n) is 4.60. The number of hydrogen-bond acceptors (Lipinski definition) is 5. The van der Waals surface area contributed by atoms with Crippen molar-refractivity contribution in [2.24, 2.45) is 10.8 Å². The molecule has 0 fully saturated rings. The van der Waals surface area contributed by atoms with Crippen molar-refractivity contribution in [3.63, 3.8) is 0 Å². The van der Waals surface area contributed by atoms with E-state index in [0.717, 1.165) is 0 Å². The van der Waals surface area contributed by atoms with Gasteiger partial charge in [0.1, 0.15) is 0 Å². The lowest BCUT2D eigenvalue weighted by Crippen LogP contribution is -2.25. The summed E-state index contributed by atoms with van der Waals surface area (Å²) < 4.78 is 24.4. The molecule has 0 aliphatic heterocycles. The number of amides is 1. The van der Waals surface area contributed by atoms with Crippen molar-refractivity contribution in [1.82, 2.24) is 5.43 Å². The van der Waals surface area contributed by atoms with Crippen molar-refractivity contribution in [1.29, 1.82) is 0 Å². The maximum absolute atomic E-state index is 12.2. The van der Waals surface area contributed by atoms with Crippen LogP contribution in [0.3, 0.4) is 0 Å². The fourth-order valence-corrected chi connectivity index (χ4v) is 2.95. The molecule has 0 saturated carbocycles. The van der Waals surface area contributed by atoms with Gasteiger partial charge in [0.25, 0.3) is 0 Å². The number of carbonyl (C=O) groups is 1. The molecule has 0 atom stereocenters. The summed E-state index contributed by atoms with van der Waals surface area (Å²) in [5.41, 5.74) is 8.76.